The molecule has 1 aliphatic rings. The van der Waals surface area contributed by atoms with Gasteiger partial charge in [-0.25, -0.2) is 13.1 Å². The molecule has 2 N–H and O–H groups in total. The van der Waals surface area contributed by atoms with Crippen LogP contribution in [-0.2, 0) is 14.8 Å². The second kappa shape index (κ2) is 6.82. The number of alkyl halides is 3. The fourth-order valence-corrected chi connectivity index (χ4v) is 2.98. The predicted molar refractivity (Wildman–Crippen MR) is 70.9 cm³/mol. The Hall–Kier alpha value is -1.36. The van der Waals surface area contributed by atoms with Gasteiger partial charge in [0.05, 0.1) is 17.6 Å². The number of ether oxygens (including phenoxy) is 2. The van der Waals surface area contributed by atoms with Gasteiger partial charge in [-0.05, 0) is 12.1 Å². The number of hydrogen-bond acceptors (Lipinski definition) is 5. The van der Waals surface area contributed by atoms with Crippen LogP contribution in [0.5, 0.6) is 5.75 Å². The Kier molecular flexibility index (Phi) is 5.27. The third kappa shape index (κ3) is 5.13. The Labute approximate surface area is 125 Å². The number of benzene rings is 1. The van der Waals surface area contributed by atoms with E-state index in [0.717, 1.165) is 12.1 Å². The van der Waals surface area contributed by atoms with E-state index in [1.165, 1.54) is 12.1 Å². The molecule has 1 saturated heterocycles. The summed E-state index contributed by atoms with van der Waals surface area (Å²) in [4.78, 5) is -0.307. The monoisotopic (exact) mass is 340 g/mol. The molecule has 0 radical (unpaired) electrons. The van der Waals surface area contributed by atoms with E-state index in [9.17, 15) is 21.6 Å². The van der Waals surface area contributed by atoms with Crippen LogP contribution in [0.3, 0.4) is 0 Å². The zero-order chi connectivity index (χ0) is 16.2. The van der Waals surface area contributed by atoms with Gasteiger partial charge in [-0.1, -0.05) is 6.07 Å². The summed E-state index contributed by atoms with van der Waals surface area (Å²) in [6, 6.07) is 4.20. The van der Waals surface area contributed by atoms with Crippen molar-refractivity contribution in [1.82, 2.24) is 10.0 Å². The highest BCUT2D eigenvalue weighted by atomic mass is 32.2. The lowest BCUT2D eigenvalue weighted by Crippen LogP contribution is -2.45. The van der Waals surface area contributed by atoms with Gasteiger partial charge >= 0.3 is 6.36 Å². The smallest absolute Gasteiger partial charge is 0.406 e. The van der Waals surface area contributed by atoms with Gasteiger partial charge in [0.1, 0.15) is 5.75 Å². The highest BCUT2D eigenvalue weighted by Gasteiger charge is 2.31. The molecule has 0 bridgehead atoms. The Morgan fingerprint density at radius 3 is 2.82 bits per heavy atom. The lowest BCUT2D eigenvalue weighted by molar-refractivity contribution is -0.274. The number of sulfonamides is 1. The molecule has 0 saturated carbocycles. The van der Waals surface area contributed by atoms with E-state index < -0.39 is 22.1 Å². The van der Waals surface area contributed by atoms with Gasteiger partial charge < -0.3 is 14.8 Å². The maximum Gasteiger partial charge on any atom is 0.573 e. The molecule has 6 nitrogen and oxygen atoms in total. The quantitative estimate of drug-likeness (QED) is 0.831. The number of morpholine rings is 1. The third-order valence-electron chi connectivity index (χ3n) is 2.85. The highest BCUT2D eigenvalue weighted by Crippen LogP contribution is 2.24. The SMILES string of the molecule is O=S(=O)(NCC1CNCCO1)c1cccc(OC(F)(F)F)c1. The van der Waals surface area contributed by atoms with Crippen molar-refractivity contribution < 1.29 is 31.1 Å². The standard InChI is InChI=1S/C12H15F3N2O4S/c13-12(14,15)21-9-2-1-3-11(6-9)22(18,19)17-8-10-7-16-4-5-20-10/h1-3,6,10,16-17H,4-5,7-8H2. The lowest BCUT2D eigenvalue weighted by Gasteiger charge is -2.23. The van der Waals surface area contributed by atoms with Gasteiger partial charge in [-0.3, -0.25) is 0 Å². The fraction of sp³-hybridized carbons (Fsp3) is 0.500. The summed E-state index contributed by atoms with van der Waals surface area (Å²) in [5.41, 5.74) is 0. The minimum Gasteiger partial charge on any atom is -0.406 e. The highest BCUT2D eigenvalue weighted by molar-refractivity contribution is 7.89. The van der Waals surface area contributed by atoms with Crippen LogP contribution in [0.2, 0.25) is 0 Å². The molecule has 1 aromatic carbocycles. The molecule has 22 heavy (non-hydrogen) atoms. The summed E-state index contributed by atoms with van der Waals surface area (Å²) >= 11 is 0. The number of hydrogen-bond donors (Lipinski definition) is 2. The Balaban J connectivity index is 2.03. The average molecular weight is 340 g/mol. The zero-order valence-corrected chi connectivity index (χ0v) is 12.2. The van der Waals surface area contributed by atoms with E-state index in [4.69, 9.17) is 4.74 Å². The second-order valence-electron chi connectivity index (χ2n) is 4.57. The van der Waals surface area contributed by atoms with Crippen molar-refractivity contribution in [3.63, 3.8) is 0 Å². The topological polar surface area (TPSA) is 76.7 Å². The van der Waals surface area contributed by atoms with Gasteiger partial charge in [0.2, 0.25) is 10.0 Å². The van der Waals surface area contributed by atoms with Crippen molar-refractivity contribution in [2.24, 2.45) is 0 Å². The van der Waals surface area contributed by atoms with Crippen LogP contribution >= 0.6 is 0 Å². The van der Waals surface area contributed by atoms with Crippen molar-refractivity contribution in [2.75, 3.05) is 26.2 Å². The van der Waals surface area contributed by atoms with E-state index in [0.29, 0.717) is 19.7 Å². The molecular weight excluding hydrogens is 325 g/mol. The van der Waals surface area contributed by atoms with E-state index in [1.807, 2.05) is 0 Å². The van der Waals surface area contributed by atoms with Crippen LogP contribution in [0, 0.1) is 0 Å². The average Bonchev–Trinajstić information content (AvgIpc) is 2.45. The van der Waals surface area contributed by atoms with Crippen molar-refractivity contribution in [1.29, 1.82) is 0 Å². The van der Waals surface area contributed by atoms with Crippen LogP contribution in [0.4, 0.5) is 13.2 Å². The zero-order valence-electron chi connectivity index (χ0n) is 11.4. The molecule has 1 atom stereocenters. The van der Waals surface area contributed by atoms with Gasteiger partial charge in [-0.2, -0.15) is 0 Å². The van der Waals surface area contributed by atoms with Gasteiger partial charge in [0.25, 0.3) is 0 Å². The summed E-state index contributed by atoms with van der Waals surface area (Å²) in [5, 5.41) is 3.04. The summed E-state index contributed by atoms with van der Waals surface area (Å²) in [6.45, 7) is 1.70. The predicted octanol–water partition coefficient (Wildman–Crippen LogP) is 0.852. The van der Waals surface area contributed by atoms with Gasteiger partial charge in [0.15, 0.2) is 0 Å². The first kappa shape index (κ1) is 17.0. The van der Waals surface area contributed by atoms with Crippen molar-refractivity contribution >= 4 is 10.0 Å². The van der Waals surface area contributed by atoms with E-state index in [1.54, 1.807) is 0 Å². The lowest BCUT2D eigenvalue weighted by atomic mass is 10.3. The van der Waals surface area contributed by atoms with Crippen LogP contribution in [-0.4, -0.2) is 47.1 Å². The molecule has 1 unspecified atom stereocenters. The van der Waals surface area contributed by atoms with Crippen LogP contribution in [0.25, 0.3) is 0 Å². The van der Waals surface area contributed by atoms with Crippen LogP contribution in [0.1, 0.15) is 0 Å². The molecule has 1 aliphatic heterocycles. The Morgan fingerprint density at radius 1 is 1.41 bits per heavy atom. The minimum absolute atomic E-state index is 0.0275. The molecule has 1 fully saturated rings. The third-order valence-corrected chi connectivity index (χ3v) is 4.28. The molecule has 2 rings (SSSR count). The van der Waals surface area contributed by atoms with Crippen LogP contribution < -0.4 is 14.8 Å². The maximum absolute atomic E-state index is 12.1. The fourth-order valence-electron chi connectivity index (χ4n) is 1.88. The molecule has 0 spiro atoms. The minimum atomic E-state index is -4.88. The molecule has 0 aromatic heterocycles. The Morgan fingerprint density at radius 2 is 2.18 bits per heavy atom. The normalized spacial score (nSPS) is 19.9. The maximum atomic E-state index is 12.1. The Bertz CT molecular complexity index is 601. The first-order chi connectivity index (χ1) is 10.3. The summed E-state index contributed by atoms with van der Waals surface area (Å²) in [5.74, 6) is -0.592. The first-order valence-electron chi connectivity index (χ1n) is 6.44. The molecule has 10 heteroatoms. The summed E-state index contributed by atoms with van der Waals surface area (Å²) in [7, 11) is -3.94. The molecule has 0 aliphatic carbocycles. The van der Waals surface area contributed by atoms with Crippen molar-refractivity contribution in [2.45, 2.75) is 17.4 Å². The molecule has 1 aromatic rings. The molecular formula is C12H15F3N2O4S. The summed E-state index contributed by atoms with van der Waals surface area (Å²) in [6.07, 6.45) is -5.20. The number of halogens is 3. The molecule has 1 heterocycles. The number of nitrogens with one attached hydrogen (secondary N) is 2. The van der Waals surface area contributed by atoms with E-state index in [-0.39, 0.29) is 17.5 Å². The van der Waals surface area contributed by atoms with Crippen molar-refractivity contribution in [3.8, 4) is 5.75 Å². The van der Waals surface area contributed by atoms with Gasteiger partial charge in [0, 0.05) is 25.7 Å². The number of rotatable bonds is 5. The van der Waals surface area contributed by atoms with Crippen molar-refractivity contribution in [3.05, 3.63) is 24.3 Å². The van der Waals surface area contributed by atoms with Crippen LogP contribution in [0.15, 0.2) is 29.2 Å². The molecule has 0 amide bonds. The second-order valence-corrected chi connectivity index (χ2v) is 6.34. The van der Waals surface area contributed by atoms with E-state index >= 15 is 0 Å². The summed E-state index contributed by atoms with van der Waals surface area (Å²) < 4.78 is 71.9. The largest absolute Gasteiger partial charge is 0.573 e. The van der Waals surface area contributed by atoms with Gasteiger partial charge in [-0.15, -0.1) is 13.2 Å². The molecule has 124 valence electrons. The van der Waals surface area contributed by atoms with E-state index in [2.05, 4.69) is 14.8 Å². The first-order valence-corrected chi connectivity index (χ1v) is 7.92.